The van der Waals surface area contributed by atoms with Crippen molar-refractivity contribution in [3.05, 3.63) is 129 Å². The summed E-state index contributed by atoms with van der Waals surface area (Å²) in [6.07, 6.45) is 1.29. The third kappa shape index (κ3) is 8.27. The monoisotopic (exact) mass is 665 g/mol. The summed E-state index contributed by atoms with van der Waals surface area (Å²) in [4.78, 5) is 39.5. The van der Waals surface area contributed by atoms with Gasteiger partial charge >= 0.3 is 0 Å². The summed E-state index contributed by atoms with van der Waals surface area (Å²) in [6, 6.07) is 28.9. The second kappa shape index (κ2) is 13.9. The third-order valence-corrected chi connectivity index (χ3v) is 7.43. The molecule has 0 radical (unpaired) electrons. The van der Waals surface area contributed by atoms with Crippen LogP contribution < -0.4 is 16.0 Å². The molecular weight excluding hydrogens is 640 g/mol. The predicted molar refractivity (Wildman–Crippen MR) is 166 cm³/mol. The maximum atomic E-state index is 14.4. The molecule has 0 aliphatic heterocycles. The zero-order chi connectivity index (χ0) is 28.5. The first kappa shape index (κ1) is 29.0. The van der Waals surface area contributed by atoms with E-state index >= 15 is 0 Å². The van der Waals surface area contributed by atoms with Crippen LogP contribution in [0.3, 0.4) is 0 Å². The first-order valence-electron chi connectivity index (χ1n) is 12.3. The lowest BCUT2D eigenvalue weighted by Crippen LogP contribution is -2.30. The molecule has 4 aromatic carbocycles. The molecule has 3 N–H and O–H groups in total. The summed E-state index contributed by atoms with van der Waals surface area (Å²) < 4.78 is 15.4. The lowest BCUT2D eigenvalue weighted by Gasteiger charge is -2.14. The van der Waals surface area contributed by atoms with Crippen LogP contribution in [0.1, 0.15) is 22.8 Å². The molecule has 6 nitrogen and oxygen atoms in total. The minimum absolute atomic E-state index is 0.123. The van der Waals surface area contributed by atoms with E-state index in [0.29, 0.717) is 16.9 Å². The summed E-state index contributed by atoms with van der Waals surface area (Å²) in [5.74, 6) is -1.81. The average molecular weight is 666 g/mol. The Morgan fingerprint density at radius 3 is 2.25 bits per heavy atom. The van der Waals surface area contributed by atoms with Crippen molar-refractivity contribution in [2.75, 3.05) is 10.6 Å². The maximum absolute atomic E-state index is 14.4. The van der Waals surface area contributed by atoms with E-state index in [-0.39, 0.29) is 17.2 Å². The molecule has 0 aliphatic carbocycles. The molecular formula is C31H25FIN3O3S. The number of hydrogen-bond donors (Lipinski definition) is 3. The highest BCUT2D eigenvalue weighted by molar-refractivity contribution is 14.1. The van der Waals surface area contributed by atoms with Gasteiger partial charge in [-0.15, -0.1) is 11.8 Å². The van der Waals surface area contributed by atoms with Crippen molar-refractivity contribution in [1.29, 1.82) is 0 Å². The van der Waals surface area contributed by atoms with E-state index in [2.05, 4.69) is 38.5 Å². The fraction of sp³-hybridized carbons (Fsp3) is 0.0645. The van der Waals surface area contributed by atoms with Crippen molar-refractivity contribution in [1.82, 2.24) is 5.32 Å². The Labute approximate surface area is 249 Å². The lowest BCUT2D eigenvalue weighted by atomic mass is 10.1. The van der Waals surface area contributed by atoms with Gasteiger partial charge in [0.25, 0.3) is 11.8 Å². The Morgan fingerprint density at radius 2 is 1.52 bits per heavy atom. The first-order valence-corrected chi connectivity index (χ1v) is 14.2. The Balaban J connectivity index is 1.48. The van der Waals surface area contributed by atoms with Crippen LogP contribution in [0.25, 0.3) is 6.08 Å². The van der Waals surface area contributed by atoms with Gasteiger partial charge in [0, 0.05) is 31.0 Å². The Kier molecular flexibility index (Phi) is 10.1. The number of nitrogens with one attached hydrogen (secondary N) is 3. The topological polar surface area (TPSA) is 87.3 Å². The van der Waals surface area contributed by atoms with E-state index in [4.69, 9.17) is 0 Å². The maximum Gasteiger partial charge on any atom is 0.272 e. The second-order valence-corrected chi connectivity index (χ2v) is 11.3. The summed E-state index contributed by atoms with van der Waals surface area (Å²) in [7, 11) is 0. The molecule has 4 aromatic rings. The number of benzene rings is 4. The van der Waals surface area contributed by atoms with E-state index in [1.807, 2.05) is 30.3 Å². The largest absolute Gasteiger partial charge is 0.325 e. The first-order chi connectivity index (χ1) is 19.3. The molecule has 0 spiro atoms. The molecule has 1 unspecified atom stereocenters. The third-order valence-electron chi connectivity index (χ3n) is 5.62. The van der Waals surface area contributed by atoms with Gasteiger partial charge in [0.1, 0.15) is 11.5 Å². The number of hydrogen-bond acceptors (Lipinski definition) is 4. The van der Waals surface area contributed by atoms with E-state index in [1.54, 1.807) is 67.6 Å². The molecule has 3 amide bonds. The van der Waals surface area contributed by atoms with Crippen molar-refractivity contribution in [3.8, 4) is 0 Å². The van der Waals surface area contributed by atoms with Gasteiger partial charge in [0.15, 0.2) is 0 Å². The molecule has 202 valence electrons. The van der Waals surface area contributed by atoms with Crippen LogP contribution in [0.4, 0.5) is 15.8 Å². The zero-order valence-electron chi connectivity index (χ0n) is 21.4. The van der Waals surface area contributed by atoms with Crippen LogP contribution >= 0.6 is 34.4 Å². The second-order valence-electron chi connectivity index (χ2n) is 8.64. The number of thioether (sulfide) groups is 1. The number of rotatable bonds is 9. The van der Waals surface area contributed by atoms with Crippen LogP contribution in [0.2, 0.25) is 0 Å². The average Bonchev–Trinajstić information content (AvgIpc) is 2.95. The molecule has 40 heavy (non-hydrogen) atoms. The van der Waals surface area contributed by atoms with E-state index in [1.165, 1.54) is 30.0 Å². The SMILES string of the molecule is CC(Sc1cccc(NC(=O)/C(=C/c2ccccc2F)NC(=O)c2ccccc2)c1)C(=O)Nc1ccc(I)cc1. The number of halogens is 2. The van der Waals surface area contributed by atoms with Gasteiger partial charge in [-0.3, -0.25) is 14.4 Å². The number of amides is 3. The highest BCUT2D eigenvalue weighted by Crippen LogP contribution is 2.27. The smallest absolute Gasteiger partial charge is 0.272 e. The molecule has 4 rings (SSSR count). The van der Waals surface area contributed by atoms with Crippen molar-refractivity contribution in [2.24, 2.45) is 0 Å². The fourth-order valence-electron chi connectivity index (χ4n) is 3.57. The van der Waals surface area contributed by atoms with Crippen LogP contribution in [-0.2, 0) is 9.59 Å². The van der Waals surface area contributed by atoms with Crippen molar-refractivity contribution in [2.45, 2.75) is 17.1 Å². The molecule has 0 aromatic heterocycles. The summed E-state index contributed by atoms with van der Waals surface area (Å²) in [5, 5.41) is 7.86. The Hall–Kier alpha value is -3.96. The highest BCUT2D eigenvalue weighted by atomic mass is 127. The quantitative estimate of drug-likeness (QED) is 0.103. The van der Waals surface area contributed by atoms with Crippen molar-refractivity contribution < 1.29 is 18.8 Å². The van der Waals surface area contributed by atoms with Crippen molar-refractivity contribution >= 4 is 69.5 Å². The summed E-state index contributed by atoms with van der Waals surface area (Å²) in [6.45, 7) is 1.80. The molecule has 0 saturated heterocycles. The van der Waals surface area contributed by atoms with Gasteiger partial charge < -0.3 is 16.0 Å². The highest BCUT2D eigenvalue weighted by Gasteiger charge is 2.18. The molecule has 0 heterocycles. The minimum Gasteiger partial charge on any atom is -0.325 e. The van der Waals surface area contributed by atoms with Gasteiger partial charge in [0.2, 0.25) is 5.91 Å². The number of carbonyl (C=O) groups excluding carboxylic acids is 3. The summed E-state index contributed by atoms with van der Waals surface area (Å²) in [5.41, 5.74) is 1.55. The molecule has 0 fully saturated rings. The minimum atomic E-state index is -0.626. The van der Waals surface area contributed by atoms with Gasteiger partial charge in [-0.05, 0) is 96.3 Å². The molecule has 1 atom stereocenters. The van der Waals surface area contributed by atoms with Crippen LogP contribution in [-0.4, -0.2) is 23.0 Å². The van der Waals surface area contributed by atoms with Crippen molar-refractivity contribution in [3.63, 3.8) is 0 Å². The van der Waals surface area contributed by atoms with Crippen LogP contribution in [0.5, 0.6) is 0 Å². The number of carbonyl (C=O) groups is 3. The van der Waals surface area contributed by atoms with Gasteiger partial charge in [0.05, 0.1) is 5.25 Å². The summed E-state index contributed by atoms with van der Waals surface area (Å²) >= 11 is 3.54. The van der Waals surface area contributed by atoms with Gasteiger partial charge in [-0.25, -0.2) is 4.39 Å². The normalized spacial score (nSPS) is 11.8. The van der Waals surface area contributed by atoms with E-state index in [0.717, 1.165) is 8.47 Å². The Bertz CT molecular complexity index is 1550. The fourth-order valence-corrected chi connectivity index (χ4v) is 4.86. The van der Waals surface area contributed by atoms with Crippen LogP contribution in [0.15, 0.2) is 114 Å². The van der Waals surface area contributed by atoms with Crippen LogP contribution in [0, 0.1) is 9.39 Å². The number of anilines is 2. The van der Waals surface area contributed by atoms with Gasteiger partial charge in [-0.1, -0.05) is 42.5 Å². The lowest BCUT2D eigenvalue weighted by molar-refractivity contribution is -0.115. The van der Waals surface area contributed by atoms with E-state index in [9.17, 15) is 18.8 Å². The van der Waals surface area contributed by atoms with Gasteiger partial charge in [-0.2, -0.15) is 0 Å². The van der Waals surface area contributed by atoms with E-state index < -0.39 is 22.9 Å². The molecule has 0 bridgehead atoms. The standard InChI is InChI=1S/C31H25FIN3O3S/c1-20(29(37)34-24-16-14-23(33)15-17-24)40-26-12-7-11-25(19-26)35-31(39)28(18-22-10-5-6-13-27(22)32)36-30(38)21-8-3-2-4-9-21/h2-20H,1H3,(H,34,37)(H,35,39)(H,36,38)/b28-18-. The molecule has 0 aliphatic rings. The Morgan fingerprint density at radius 1 is 0.825 bits per heavy atom. The molecule has 0 saturated carbocycles. The molecule has 9 heteroatoms. The zero-order valence-corrected chi connectivity index (χ0v) is 24.3. The predicted octanol–water partition coefficient (Wildman–Crippen LogP) is 6.96.